The van der Waals surface area contributed by atoms with E-state index in [1.807, 2.05) is 12.1 Å². The lowest BCUT2D eigenvalue weighted by Crippen LogP contribution is -2.31. The fourth-order valence-corrected chi connectivity index (χ4v) is 3.69. The van der Waals surface area contributed by atoms with Crippen molar-refractivity contribution in [3.8, 4) is 0 Å². The van der Waals surface area contributed by atoms with Gasteiger partial charge in [-0.25, -0.2) is 0 Å². The van der Waals surface area contributed by atoms with Crippen molar-refractivity contribution >= 4 is 5.69 Å². The summed E-state index contributed by atoms with van der Waals surface area (Å²) in [7, 11) is 0. The minimum Gasteiger partial charge on any atom is -0.399 e. The minimum absolute atomic E-state index is 0.642. The van der Waals surface area contributed by atoms with Crippen LogP contribution < -0.4 is 11.1 Å². The van der Waals surface area contributed by atoms with Crippen LogP contribution in [0.5, 0.6) is 0 Å². The van der Waals surface area contributed by atoms with Crippen LogP contribution in [0.2, 0.25) is 0 Å². The molecule has 1 unspecified atom stereocenters. The largest absolute Gasteiger partial charge is 0.399 e. The van der Waals surface area contributed by atoms with Crippen molar-refractivity contribution in [2.75, 3.05) is 18.8 Å². The van der Waals surface area contributed by atoms with Crippen LogP contribution in [0.3, 0.4) is 0 Å². The second-order valence-electron chi connectivity index (χ2n) is 6.34. The fraction of sp³-hybridized carbons (Fsp3) is 0.400. The first-order chi connectivity index (χ1) is 10.8. The molecule has 2 aromatic carbocycles. The second kappa shape index (κ2) is 7.46. The molecule has 0 saturated carbocycles. The smallest absolute Gasteiger partial charge is 0.0346 e. The summed E-state index contributed by atoms with van der Waals surface area (Å²) in [5, 5.41) is 3.48. The lowest BCUT2D eigenvalue weighted by atomic mass is 9.77. The third-order valence-corrected chi connectivity index (χ3v) is 4.96. The van der Waals surface area contributed by atoms with E-state index in [1.165, 1.54) is 30.4 Å². The Morgan fingerprint density at radius 3 is 2.36 bits per heavy atom. The van der Waals surface area contributed by atoms with E-state index in [4.69, 9.17) is 5.73 Å². The van der Waals surface area contributed by atoms with Crippen molar-refractivity contribution in [3.05, 3.63) is 65.7 Å². The van der Waals surface area contributed by atoms with Gasteiger partial charge < -0.3 is 11.1 Å². The van der Waals surface area contributed by atoms with E-state index in [2.05, 4.69) is 47.8 Å². The summed E-state index contributed by atoms with van der Waals surface area (Å²) >= 11 is 0. The Hall–Kier alpha value is -1.80. The maximum absolute atomic E-state index is 6.11. The number of hydrogen-bond donors (Lipinski definition) is 2. The zero-order valence-electron chi connectivity index (χ0n) is 13.2. The Labute approximate surface area is 133 Å². The summed E-state index contributed by atoms with van der Waals surface area (Å²) in [4.78, 5) is 0. The third-order valence-electron chi connectivity index (χ3n) is 4.96. The van der Waals surface area contributed by atoms with Gasteiger partial charge in [-0.3, -0.25) is 0 Å². The number of nitrogens with one attached hydrogen (secondary N) is 1. The first-order valence-corrected chi connectivity index (χ1v) is 8.43. The highest BCUT2D eigenvalue weighted by Gasteiger charge is 2.24. The predicted octanol–water partition coefficient (Wildman–Crippen LogP) is 3.98. The Morgan fingerprint density at radius 1 is 0.955 bits per heavy atom. The van der Waals surface area contributed by atoms with Crippen molar-refractivity contribution in [2.45, 2.75) is 31.6 Å². The van der Waals surface area contributed by atoms with Gasteiger partial charge in [-0.15, -0.1) is 0 Å². The van der Waals surface area contributed by atoms with Crippen LogP contribution in [0.4, 0.5) is 5.69 Å². The van der Waals surface area contributed by atoms with Crippen LogP contribution in [0, 0.1) is 5.92 Å². The predicted molar refractivity (Wildman–Crippen MR) is 94.0 cm³/mol. The number of hydrogen-bond acceptors (Lipinski definition) is 2. The maximum Gasteiger partial charge on any atom is 0.0346 e. The third kappa shape index (κ3) is 3.69. The van der Waals surface area contributed by atoms with E-state index in [-0.39, 0.29) is 0 Å². The Bertz CT molecular complexity index is 573. The van der Waals surface area contributed by atoms with Crippen molar-refractivity contribution in [1.82, 2.24) is 5.32 Å². The molecule has 116 valence electrons. The van der Waals surface area contributed by atoms with Crippen LogP contribution in [-0.2, 0) is 6.42 Å². The quantitative estimate of drug-likeness (QED) is 0.818. The first kappa shape index (κ1) is 15.1. The SMILES string of the molecule is Nc1ccccc1CCC(c1ccccc1)C1CCNCC1. The molecule has 2 nitrogen and oxygen atoms in total. The Kier molecular flexibility index (Phi) is 5.12. The van der Waals surface area contributed by atoms with Crippen LogP contribution >= 0.6 is 0 Å². The molecule has 1 saturated heterocycles. The number of rotatable bonds is 5. The molecule has 0 aromatic heterocycles. The first-order valence-electron chi connectivity index (χ1n) is 8.43. The van der Waals surface area contributed by atoms with Gasteiger partial charge in [0.25, 0.3) is 0 Å². The molecule has 1 aliphatic heterocycles. The van der Waals surface area contributed by atoms with Crippen LogP contribution in [0.1, 0.15) is 36.3 Å². The maximum atomic E-state index is 6.11. The van der Waals surface area contributed by atoms with Gasteiger partial charge in [0.15, 0.2) is 0 Å². The number of anilines is 1. The van der Waals surface area contributed by atoms with E-state index in [1.54, 1.807) is 0 Å². The van der Waals surface area contributed by atoms with Gasteiger partial charge in [-0.2, -0.15) is 0 Å². The van der Waals surface area contributed by atoms with Crippen molar-refractivity contribution in [2.24, 2.45) is 5.92 Å². The molecule has 22 heavy (non-hydrogen) atoms. The van der Waals surface area contributed by atoms with Crippen LogP contribution in [0.25, 0.3) is 0 Å². The van der Waals surface area contributed by atoms with E-state index < -0.39 is 0 Å². The molecular weight excluding hydrogens is 268 g/mol. The average molecular weight is 294 g/mol. The summed E-state index contributed by atoms with van der Waals surface area (Å²) in [5.41, 5.74) is 9.82. The normalized spacial score (nSPS) is 17.3. The van der Waals surface area contributed by atoms with E-state index >= 15 is 0 Å². The summed E-state index contributed by atoms with van der Waals surface area (Å²) < 4.78 is 0. The van der Waals surface area contributed by atoms with Gasteiger partial charge in [0.05, 0.1) is 0 Å². The number of aryl methyl sites for hydroxylation is 1. The molecule has 2 heteroatoms. The standard InChI is InChI=1S/C20H26N2/c21-20-9-5-4-8-18(20)10-11-19(16-6-2-1-3-7-16)17-12-14-22-15-13-17/h1-9,17,19,22H,10-15,21H2. The highest BCUT2D eigenvalue weighted by Crippen LogP contribution is 2.35. The van der Waals surface area contributed by atoms with Crippen molar-refractivity contribution in [3.63, 3.8) is 0 Å². The van der Waals surface area contributed by atoms with Gasteiger partial charge >= 0.3 is 0 Å². The summed E-state index contributed by atoms with van der Waals surface area (Å²) in [5.74, 6) is 1.43. The number of benzene rings is 2. The molecule has 0 amide bonds. The molecule has 3 rings (SSSR count). The Morgan fingerprint density at radius 2 is 1.64 bits per heavy atom. The van der Waals surface area contributed by atoms with Crippen LogP contribution in [0.15, 0.2) is 54.6 Å². The van der Waals surface area contributed by atoms with Crippen molar-refractivity contribution < 1.29 is 0 Å². The van der Waals surface area contributed by atoms with Crippen molar-refractivity contribution in [1.29, 1.82) is 0 Å². The van der Waals surface area contributed by atoms with E-state index in [0.29, 0.717) is 5.92 Å². The second-order valence-corrected chi connectivity index (χ2v) is 6.34. The van der Waals surface area contributed by atoms with Crippen LogP contribution in [-0.4, -0.2) is 13.1 Å². The molecule has 1 atom stereocenters. The van der Waals surface area contributed by atoms with Gasteiger partial charge in [-0.05, 0) is 67.8 Å². The monoisotopic (exact) mass is 294 g/mol. The molecule has 3 N–H and O–H groups in total. The zero-order valence-corrected chi connectivity index (χ0v) is 13.2. The number of nitrogen functional groups attached to an aromatic ring is 1. The highest BCUT2D eigenvalue weighted by molar-refractivity contribution is 5.46. The van der Waals surface area contributed by atoms with E-state index in [9.17, 15) is 0 Å². The van der Waals surface area contributed by atoms with E-state index in [0.717, 1.165) is 31.1 Å². The molecule has 2 aromatic rings. The topological polar surface area (TPSA) is 38.0 Å². The molecule has 1 aliphatic rings. The fourth-order valence-electron chi connectivity index (χ4n) is 3.69. The lowest BCUT2D eigenvalue weighted by Gasteiger charge is -2.31. The molecular formula is C20H26N2. The molecule has 0 spiro atoms. The van der Waals surface area contributed by atoms with Gasteiger partial charge in [0.2, 0.25) is 0 Å². The average Bonchev–Trinajstić information content (AvgIpc) is 2.59. The van der Waals surface area contributed by atoms with Gasteiger partial charge in [0, 0.05) is 5.69 Å². The zero-order chi connectivity index (χ0) is 15.2. The molecule has 0 bridgehead atoms. The Balaban J connectivity index is 1.75. The minimum atomic E-state index is 0.642. The molecule has 1 heterocycles. The lowest BCUT2D eigenvalue weighted by molar-refractivity contribution is 0.307. The molecule has 0 radical (unpaired) electrons. The number of piperidine rings is 1. The molecule has 1 fully saturated rings. The van der Waals surface area contributed by atoms with Gasteiger partial charge in [-0.1, -0.05) is 48.5 Å². The molecule has 0 aliphatic carbocycles. The number of nitrogens with two attached hydrogens (primary N) is 1. The summed E-state index contributed by atoms with van der Waals surface area (Å²) in [6.07, 6.45) is 4.81. The summed E-state index contributed by atoms with van der Waals surface area (Å²) in [6.45, 7) is 2.31. The van der Waals surface area contributed by atoms with Gasteiger partial charge in [0.1, 0.15) is 0 Å². The summed E-state index contributed by atoms with van der Waals surface area (Å²) in [6, 6.07) is 19.3. The highest BCUT2D eigenvalue weighted by atomic mass is 14.9. The number of para-hydroxylation sites is 1.